The lowest BCUT2D eigenvalue weighted by atomic mass is 9.66. The van der Waals surface area contributed by atoms with Crippen molar-refractivity contribution in [3.63, 3.8) is 0 Å². The highest BCUT2D eigenvalue weighted by atomic mass is 15.5. The topological polar surface area (TPSA) is 36.4 Å². The van der Waals surface area contributed by atoms with Crippen molar-refractivity contribution in [3.8, 4) is 0 Å². The number of fused-ring (bicyclic) bond motifs is 2. The van der Waals surface area contributed by atoms with E-state index in [1.807, 2.05) is 6.07 Å². The molecular formula is C23H23N3. The number of allylic oxidation sites excluding steroid dienone is 3. The molecule has 2 aromatic rings. The molecule has 2 unspecified atom stereocenters. The smallest absolute Gasteiger partial charge is 0.144 e. The predicted octanol–water partition coefficient (Wildman–Crippen LogP) is 4.23. The minimum absolute atomic E-state index is 0.0837. The summed E-state index contributed by atoms with van der Waals surface area (Å²) >= 11 is 0. The first-order valence-corrected chi connectivity index (χ1v) is 9.28. The van der Waals surface area contributed by atoms with Crippen LogP contribution in [0.3, 0.4) is 0 Å². The molecule has 0 spiro atoms. The van der Waals surface area contributed by atoms with Crippen LogP contribution in [-0.4, -0.2) is 11.5 Å². The molecule has 0 bridgehead atoms. The van der Waals surface area contributed by atoms with Crippen LogP contribution < -0.4 is 10.9 Å². The maximum atomic E-state index is 5.14. The molecule has 5 rings (SSSR count). The molecule has 3 nitrogen and oxygen atoms in total. The summed E-state index contributed by atoms with van der Waals surface area (Å²) in [6, 6.07) is 19.1. The fraction of sp³-hybridized carbons (Fsp3) is 0.261. The van der Waals surface area contributed by atoms with E-state index in [0.717, 1.165) is 24.2 Å². The van der Waals surface area contributed by atoms with Crippen LogP contribution in [-0.2, 0) is 6.42 Å². The number of nitrogens with zero attached hydrogens (tertiary/aromatic N) is 1. The molecule has 2 atom stereocenters. The van der Waals surface area contributed by atoms with Crippen molar-refractivity contribution in [3.05, 3.63) is 89.0 Å². The lowest BCUT2D eigenvalue weighted by molar-refractivity contribution is 0.168. The van der Waals surface area contributed by atoms with E-state index in [-0.39, 0.29) is 5.41 Å². The van der Waals surface area contributed by atoms with Crippen LogP contribution in [0.5, 0.6) is 0 Å². The minimum Gasteiger partial charge on any atom is -0.303 e. The van der Waals surface area contributed by atoms with E-state index in [1.54, 1.807) is 0 Å². The fourth-order valence-electron chi connectivity index (χ4n) is 4.55. The van der Waals surface area contributed by atoms with Gasteiger partial charge in [0.05, 0.1) is 0 Å². The van der Waals surface area contributed by atoms with Crippen LogP contribution in [0.2, 0.25) is 0 Å². The van der Waals surface area contributed by atoms with Crippen LogP contribution in [0.15, 0.2) is 77.3 Å². The summed E-state index contributed by atoms with van der Waals surface area (Å²) in [6.07, 6.45) is 6.61. The Morgan fingerprint density at radius 1 is 0.962 bits per heavy atom. The van der Waals surface area contributed by atoms with Gasteiger partial charge in [-0.05, 0) is 42.0 Å². The monoisotopic (exact) mass is 341 g/mol. The van der Waals surface area contributed by atoms with Crippen LogP contribution in [0.25, 0.3) is 5.57 Å². The van der Waals surface area contributed by atoms with Crippen molar-refractivity contribution in [2.24, 2.45) is 10.4 Å². The number of benzene rings is 2. The summed E-state index contributed by atoms with van der Waals surface area (Å²) in [6.45, 7) is 4.56. The van der Waals surface area contributed by atoms with Gasteiger partial charge in [0.2, 0.25) is 0 Å². The SMILES string of the molecule is CC1(C2(C)CC=CC3=C2Cc2ccccc23)N=C(c2ccccc2)NN1. The van der Waals surface area contributed by atoms with E-state index in [4.69, 9.17) is 4.99 Å². The third-order valence-electron chi connectivity index (χ3n) is 6.36. The van der Waals surface area contributed by atoms with Gasteiger partial charge in [-0.15, -0.1) is 0 Å². The summed E-state index contributed by atoms with van der Waals surface area (Å²) < 4.78 is 0. The summed E-state index contributed by atoms with van der Waals surface area (Å²) in [4.78, 5) is 5.14. The third kappa shape index (κ3) is 2.07. The Balaban J connectivity index is 1.58. The number of rotatable bonds is 2. The van der Waals surface area contributed by atoms with Crippen molar-refractivity contribution in [1.29, 1.82) is 0 Å². The Morgan fingerprint density at radius 2 is 1.73 bits per heavy atom. The molecule has 0 fully saturated rings. The Morgan fingerprint density at radius 3 is 2.58 bits per heavy atom. The Hall–Kier alpha value is -2.65. The van der Waals surface area contributed by atoms with Crippen LogP contribution >= 0.6 is 0 Å². The van der Waals surface area contributed by atoms with E-state index in [0.29, 0.717) is 0 Å². The number of aliphatic imine (C=N–C) groups is 1. The van der Waals surface area contributed by atoms with Gasteiger partial charge in [0.25, 0.3) is 0 Å². The first-order chi connectivity index (χ1) is 12.6. The minimum atomic E-state index is -0.397. The molecule has 2 N–H and O–H groups in total. The molecule has 2 aliphatic carbocycles. The van der Waals surface area contributed by atoms with Crippen LogP contribution in [0.4, 0.5) is 0 Å². The molecule has 0 radical (unpaired) electrons. The van der Waals surface area contributed by atoms with Crippen LogP contribution in [0, 0.1) is 5.41 Å². The quantitative estimate of drug-likeness (QED) is 0.857. The summed E-state index contributed by atoms with van der Waals surface area (Å²) in [5.41, 5.74) is 13.2. The second kappa shape index (κ2) is 5.42. The molecule has 1 aliphatic heterocycles. The molecule has 0 aromatic heterocycles. The Bertz CT molecular complexity index is 970. The molecule has 3 heteroatoms. The van der Waals surface area contributed by atoms with Crippen molar-refractivity contribution in [2.45, 2.75) is 32.4 Å². The molecular weight excluding hydrogens is 318 g/mol. The highest BCUT2D eigenvalue weighted by Crippen LogP contribution is 2.53. The average molecular weight is 341 g/mol. The standard InChI is InChI=1S/C23H23N3/c1-22(23(2)24-21(25-26-23)16-9-4-3-5-10-16)14-8-13-19-18-12-7-6-11-17(18)15-20(19)22/h3-13,26H,14-15H2,1-2H3,(H,24,25). The highest BCUT2D eigenvalue weighted by Gasteiger charge is 2.51. The normalized spacial score (nSPS) is 29.2. The van der Waals surface area contributed by atoms with E-state index in [2.05, 4.69) is 85.4 Å². The van der Waals surface area contributed by atoms with E-state index < -0.39 is 5.66 Å². The zero-order valence-corrected chi connectivity index (χ0v) is 15.2. The van der Waals surface area contributed by atoms with Gasteiger partial charge < -0.3 is 5.43 Å². The van der Waals surface area contributed by atoms with Crippen molar-refractivity contribution < 1.29 is 0 Å². The van der Waals surface area contributed by atoms with Gasteiger partial charge in [0.15, 0.2) is 0 Å². The summed E-state index contributed by atoms with van der Waals surface area (Å²) in [7, 11) is 0. The maximum Gasteiger partial charge on any atom is 0.144 e. The maximum absolute atomic E-state index is 5.14. The molecule has 130 valence electrons. The number of nitrogens with one attached hydrogen (secondary N) is 2. The Labute approximate surface area is 154 Å². The first kappa shape index (κ1) is 15.6. The van der Waals surface area contributed by atoms with Crippen molar-refractivity contribution >= 4 is 11.4 Å². The van der Waals surface area contributed by atoms with Gasteiger partial charge in [0.1, 0.15) is 11.5 Å². The molecule has 3 aliphatic rings. The van der Waals surface area contributed by atoms with E-state index in [1.165, 1.54) is 22.3 Å². The molecule has 2 aromatic carbocycles. The zero-order valence-electron chi connectivity index (χ0n) is 15.2. The fourth-order valence-corrected chi connectivity index (χ4v) is 4.55. The van der Waals surface area contributed by atoms with Crippen LogP contribution in [0.1, 0.15) is 37.0 Å². The zero-order chi connectivity index (χ0) is 17.8. The van der Waals surface area contributed by atoms with Crippen molar-refractivity contribution in [1.82, 2.24) is 10.9 Å². The second-order valence-corrected chi connectivity index (χ2v) is 7.81. The number of amidine groups is 1. The lowest BCUT2D eigenvalue weighted by Gasteiger charge is -2.44. The van der Waals surface area contributed by atoms with Gasteiger partial charge in [0, 0.05) is 11.0 Å². The van der Waals surface area contributed by atoms with Crippen molar-refractivity contribution in [2.75, 3.05) is 0 Å². The molecule has 0 saturated carbocycles. The largest absolute Gasteiger partial charge is 0.303 e. The number of hydrogen-bond acceptors (Lipinski definition) is 3. The van der Waals surface area contributed by atoms with Gasteiger partial charge in [-0.2, -0.15) is 0 Å². The van der Waals surface area contributed by atoms with E-state index in [9.17, 15) is 0 Å². The number of hydrogen-bond donors (Lipinski definition) is 2. The van der Waals surface area contributed by atoms with E-state index >= 15 is 0 Å². The Kier molecular flexibility index (Phi) is 3.25. The molecule has 0 amide bonds. The van der Waals surface area contributed by atoms with Gasteiger partial charge in [-0.25, -0.2) is 10.4 Å². The number of hydrazine groups is 1. The molecule has 0 saturated heterocycles. The summed E-state index contributed by atoms with van der Waals surface area (Å²) in [5.74, 6) is 0.918. The third-order valence-corrected chi connectivity index (χ3v) is 6.36. The lowest BCUT2D eigenvalue weighted by Crippen LogP contribution is -2.55. The molecule has 26 heavy (non-hydrogen) atoms. The van der Waals surface area contributed by atoms with Gasteiger partial charge >= 0.3 is 0 Å². The highest BCUT2D eigenvalue weighted by molar-refractivity contribution is 6.00. The molecule has 1 heterocycles. The predicted molar refractivity (Wildman–Crippen MR) is 107 cm³/mol. The summed E-state index contributed by atoms with van der Waals surface area (Å²) in [5, 5.41) is 0. The van der Waals surface area contributed by atoms with Gasteiger partial charge in [-0.3, -0.25) is 0 Å². The van der Waals surface area contributed by atoms with Gasteiger partial charge in [-0.1, -0.05) is 73.7 Å². The first-order valence-electron chi connectivity index (χ1n) is 9.28. The average Bonchev–Trinajstić information content (AvgIpc) is 3.26. The second-order valence-electron chi connectivity index (χ2n) is 7.81.